The van der Waals surface area contributed by atoms with E-state index in [4.69, 9.17) is 18.8 Å². The summed E-state index contributed by atoms with van der Waals surface area (Å²) in [7, 11) is -4.05. The second-order valence-electron chi connectivity index (χ2n) is 10.8. The van der Waals surface area contributed by atoms with Gasteiger partial charge in [0.05, 0.1) is 12.7 Å². The lowest BCUT2D eigenvalue weighted by atomic mass is 10.1. The first kappa shape index (κ1) is 37.9. The van der Waals surface area contributed by atoms with E-state index in [0.29, 0.717) is 6.42 Å². The SMILES string of the molecule is CCCCCCCCCCCCCSC(CCCCCCC)C(C)OOC(=O)P(=O)(OCCC)OC(C)C. The number of rotatable bonds is 28. The monoisotopic (exact) mass is 580 g/mol. The Kier molecular flexibility index (Phi) is 25.8. The number of hydrogen-bond donors (Lipinski definition) is 0. The molecule has 0 aromatic rings. The van der Waals surface area contributed by atoms with Gasteiger partial charge in [-0.05, 0) is 45.8 Å². The van der Waals surface area contributed by atoms with Crippen molar-refractivity contribution >= 4 is 25.1 Å². The third-order valence-corrected chi connectivity index (χ3v) is 9.82. The molecule has 38 heavy (non-hydrogen) atoms. The van der Waals surface area contributed by atoms with Gasteiger partial charge >= 0.3 is 13.3 Å². The van der Waals surface area contributed by atoms with E-state index in [2.05, 4.69) is 13.8 Å². The van der Waals surface area contributed by atoms with E-state index < -0.39 is 19.4 Å². The predicted molar refractivity (Wildman–Crippen MR) is 163 cm³/mol. The molecule has 3 unspecified atom stereocenters. The molecular formula is C30H61O6PS. The molecule has 0 N–H and O–H groups in total. The number of carbonyl (C=O) groups is 1. The molecule has 0 aromatic heterocycles. The average molecular weight is 581 g/mol. The third-order valence-electron chi connectivity index (χ3n) is 6.51. The van der Waals surface area contributed by atoms with Crippen LogP contribution in [0.5, 0.6) is 0 Å². The van der Waals surface area contributed by atoms with Crippen LogP contribution >= 0.6 is 19.4 Å². The van der Waals surface area contributed by atoms with Crippen LogP contribution in [0.15, 0.2) is 0 Å². The fourth-order valence-electron chi connectivity index (χ4n) is 4.24. The number of hydrogen-bond acceptors (Lipinski definition) is 7. The number of carbonyl (C=O) groups excluding carboxylic acids is 1. The molecule has 0 aliphatic carbocycles. The van der Waals surface area contributed by atoms with Gasteiger partial charge in [-0.25, -0.2) is 9.36 Å². The highest BCUT2D eigenvalue weighted by Gasteiger charge is 2.40. The van der Waals surface area contributed by atoms with Crippen molar-refractivity contribution in [1.82, 2.24) is 0 Å². The van der Waals surface area contributed by atoms with Gasteiger partial charge in [0.15, 0.2) is 0 Å². The minimum atomic E-state index is -4.05. The van der Waals surface area contributed by atoms with Crippen molar-refractivity contribution in [2.75, 3.05) is 12.4 Å². The second kappa shape index (κ2) is 25.9. The first-order valence-electron chi connectivity index (χ1n) is 15.7. The zero-order chi connectivity index (χ0) is 28.5. The third kappa shape index (κ3) is 20.8. The quantitative estimate of drug-likeness (QED) is 0.0394. The molecule has 0 aromatic carbocycles. The smallest absolute Gasteiger partial charge is 0.301 e. The van der Waals surface area contributed by atoms with Crippen LogP contribution in [0.1, 0.15) is 157 Å². The zero-order valence-corrected chi connectivity index (χ0v) is 27.4. The van der Waals surface area contributed by atoms with Crippen LogP contribution in [0.2, 0.25) is 0 Å². The number of unbranched alkanes of at least 4 members (excludes halogenated alkanes) is 14. The summed E-state index contributed by atoms with van der Waals surface area (Å²) in [4.78, 5) is 23.1. The summed E-state index contributed by atoms with van der Waals surface area (Å²) < 4.78 is 23.5. The summed E-state index contributed by atoms with van der Waals surface area (Å²) in [6.45, 7) is 11.9. The highest BCUT2D eigenvalue weighted by molar-refractivity contribution is 7.99. The standard InChI is InChI=1S/C30H61O6PS/c1-7-10-12-14-15-16-17-18-19-21-23-26-38-29(24-22-20-13-11-8-2)28(6)34-35-30(31)37(32,33-25-9-3)36-27(4)5/h27-29H,7-26H2,1-6H3. The minimum absolute atomic E-state index is 0.157. The van der Waals surface area contributed by atoms with E-state index in [-0.39, 0.29) is 18.0 Å². The molecule has 0 spiro atoms. The van der Waals surface area contributed by atoms with Gasteiger partial charge in [0.25, 0.3) is 0 Å². The van der Waals surface area contributed by atoms with E-state index in [1.807, 2.05) is 25.6 Å². The first-order valence-corrected chi connectivity index (χ1v) is 18.3. The molecule has 0 bridgehead atoms. The Morgan fingerprint density at radius 1 is 0.711 bits per heavy atom. The van der Waals surface area contributed by atoms with Gasteiger partial charge in [-0.1, -0.05) is 117 Å². The highest BCUT2D eigenvalue weighted by atomic mass is 32.2. The lowest BCUT2D eigenvalue weighted by Gasteiger charge is -2.24. The Hall–Kier alpha value is -0.0700. The molecule has 0 saturated heterocycles. The highest BCUT2D eigenvalue weighted by Crippen LogP contribution is 2.51. The average Bonchev–Trinajstić information content (AvgIpc) is 2.89. The van der Waals surface area contributed by atoms with Crippen molar-refractivity contribution < 1.29 is 28.2 Å². The van der Waals surface area contributed by atoms with Crippen molar-refractivity contribution in [3.63, 3.8) is 0 Å². The van der Waals surface area contributed by atoms with E-state index >= 15 is 0 Å². The van der Waals surface area contributed by atoms with Gasteiger partial charge < -0.3 is 4.52 Å². The Morgan fingerprint density at radius 2 is 1.21 bits per heavy atom. The van der Waals surface area contributed by atoms with Gasteiger partial charge in [-0.15, -0.1) is 0 Å². The normalized spacial score (nSPS) is 14.9. The van der Waals surface area contributed by atoms with Crippen molar-refractivity contribution in [2.24, 2.45) is 0 Å². The van der Waals surface area contributed by atoms with Crippen molar-refractivity contribution in [1.29, 1.82) is 0 Å². The zero-order valence-electron chi connectivity index (χ0n) is 25.7. The van der Waals surface area contributed by atoms with Crippen molar-refractivity contribution in [2.45, 2.75) is 175 Å². The summed E-state index contributed by atoms with van der Waals surface area (Å²) in [6.07, 6.45) is 21.7. The van der Waals surface area contributed by atoms with Crippen LogP contribution in [0.4, 0.5) is 4.79 Å². The molecule has 0 aliphatic rings. The van der Waals surface area contributed by atoms with Crippen LogP contribution in [0.3, 0.4) is 0 Å². The van der Waals surface area contributed by atoms with Crippen LogP contribution < -0.4 is 0 Å². The summed E-state index contributed by atoms with van der Waals surface area (Å²) in [5.74, 6) is 1.08. The van der Waals surface area contributed by atoms with E-state index in [9.17, 15) is 9.36 Å². The summed E-state index contributed by atoms with van der Waals surface area (Å²) in [5, 5.41) is 0.217. The lowest BCUT2D eigenvalue weighted by Crippen LogP contribution is -2.26. The fourth-order valence-corrected chi connectivity index (χ4v) is 6.93. The molecule has 0 aliphatic heterocycles. The van der Waals surface area contributed by atoms with Gasteiger partial charge in [0.1, 0.15) is 6.10 Å². The molecule has 0 fully saturated rings. The maximum absolute atomic E-state index is 12.9. The molecule has 0 amide bonds. The molecule has 228 valence electrons. The molecule has 0 rings (SSSR count). The maximum atomic E-state index is 12.9. The molecule has 0 radical (unpaired) electrons. The summed E-state index contributed by atoms with van der Waals surface area (Å²) in [6, 6.07) is 0. The maximum Gasteiger partial charge on any atom is 0.452 e. The minimum Gasteiger partial charge on any atom is -0.301 e. The van der Waals surface area contributed by atoms with Crippen LogP contribution in [0.25, 0.3) is 0 Å². The van der Waals surface area contributed by atoms with E-state index in [1.165, 1.54) is 96.3 Å². The van der Waals surface area contributed by atoms with Crippen molar-refractivity contribution in [3.8, 4) is 0 Å². The number of thioether (sulfide) groups is 1. The molecular weight excluding hydrogens is 519 g/mol. The Bertz CT molecular complexity index is 589. The fraction of sp³-hybridized carbons (Fsp3) is 0.967. The largest absolute Gasteiger partial charge is 0.452 e. The summed E-state index contributed by atoms with van der Waals surface area (Å²) in [5.41, 5.74) is -1.07. The Balaban J connectivity index is 4.52. The van der Waals surface area contributed by atoms with Crippen molar-refractivity contribution in [3.05, 3.63) is 0 Å². The van der Waals surface area contributed by atoms with Gasteiger partial charge in [0.2, 0.25) is 0 Å². The Labute approximate surface area is 239 Å². The predicted octanol–water partition coefficient (Wildman–Crippen LogP) is 11.3. The van der Waals surface area contributed by atoms with Crippen LogP contribution in [-0.4, -0.2) is 35.5 Å². The first-order chi connectivity index (χ1) is 18.3. The summed E-state index contributed by atoms with van der Waals surface area (Å²) >= 11 is 1.91. The van der Waals surface area contributed by atoms with Crippen LogP contribution in [-0.2, 0) is 23.4 Å². The molecule has 8 heteroatoms. The Morgan fingerprint density at radius 3 is 1.71 bits per heavy atom. The molecule has 3 atom stereocenters. The van der Waals surface area contributed by atoms with Gasteiger partial charge in [-0.3, -0.25) is 9.41 Å². The van der Waals surface area contributed by atoms with E-state index in [1.54, 1.807) is 13.8 Å². The van der Waals surface area contributed by atoms with Gasteiger partial charge in [0, 0.05) is 5.25 Å². The van der Waals surface area contributed by atoms with Crippen LogP contribution in [0, 0.1) is 0 Å². The molecule has 0 saturated carbocycles. The van der Waals surface area contributed by atoms with Gasteiger partial charge in [-0.2, -0.15) is 16.6 Å². The topological polar surface area (TPSA) is 71.1 Å². The van der Waals surface area contributed by atoms with E-state index in [0.717, 1.165) is 18.6 Å². The lowest BCUT2D eigenvalue weighted by molar-refractivity contribution is -0.262. The second-order valence-corrected chi connectivity index (χ2v) is 14.0. The molecule has 6 nitrogen and oxygen atoms in total. The molecule has 0 heterocycles.